The second kappa shape index (κ2) is 9.27. The number of amides is 1. The van der Waals surface area contributed by atoms with Crippen molar-refractivity contribution in [2.45, 2.75) is 24.4 Å². The first-order valence-electron chi connectivity index (χ1n) is 10.9. The molecule has 1 N–H and O–H groups in total. The van der Waals surface area contributed by atoms with Crippen molar-refractivity contribution in [3.63, 3.8) is 0 Å². The second-order valence-electron chi connectivity index (χ2n) is 8.35. The number of carbonyl (C=O) groups is 1. The third kappa shape index (κ3) is 4.27. The molecule has 11 heteroatoms. The van der Waals surface area contributed by atoms with Crippen LogP contribution in [0.3, 0.4) is 0 Å². The summed E-state index contributed by atoms with van der Waals surface area (Å²) in [6, 6.07) is 14.7. The van der Waals surface area contributed by atoms with Gasteiger partial charge in [-0.05, 0) is 59.0 Å². The van der Waals surface area contributed by atoms with Crippen LogP contribution in [0.5, 0.6) is 5.75 Å². The van der Waals surface area contributed by atoms with Crippen LogP contribution < -0.4 is 15.0 Å². The van der Waals surface area contributed by atoms with Gasteiger partial charge in [0.05, 0.1) is 20.3 Å². The van der Waals surface area contributed by atoms with Crippen molar-refractivity contribution in [1.29, 1.82) is 0 Å². The fourth-order valence-corrected chi connectivity index (χ4v) is 4.23. The third-order valence-electron chi connectivity index (χ3n) is 6.03. The van der Waals surface area contributed by atoms with E-state index >= 15 is 0 Å². The summed E-state index contributed by atoms with van der Waals surface area (Å²) in [6.45, 7) is 0.583. The average molecular weight is 466 g/mol. The number of benzene rings is 2. The number of hydrogen-bond donors (Lipinski definition) is 1. The molecule has 2 fully saturated rings. The lowest BCUT2D eigenvalue weighted by molar-refractivity contribution is 0.00774. The maximum absolute atomic E-state index is 12.4. The molecule has 2 aliphatic heterocycles. The van der Waals surface area contributed by atoms with Crippen LogP contribution in [0.4, 0.5) is 16.2 Å². The molecule has 2 aromatic carbocycles. The smallest absolute Gasteiger partial charge is 0.412 e. The van der Waals surface area contributed by atoms with Crippen molar-refractivity contribution in [2.75, 3.05) is 44.6 Å². The van der Waals surface area contributed by atoms with Crippen LogP contribution in [0.1, 0.15) is 6.04 Å². The number of fused-ring (bicyclic) bond motifs is 1. The highest BCUT2D eigenvalue weighted by molar-refractivity contribution is 5.84. The molecule has 4 atom stereocenters. The zero-order chi connectivity index (χ0) is 23.7. The Balaban J connectivity index is 1.24. The van der Waals surface area contributed by atoms with Crippen molar-refractivity contribution in [3.8, 4) is 17.1 Å². The molecule has 2 saturated heterocycles. The maximum Gasteiger partial charge on any atom is 0.412 e. The summed E-state index contributed by atoms with van der Waals surface area (Å²) in [4.78, 5) is 14.4. The number of nitrogens with zero attached hydrogens (tertiary/aromatic N) is 5. The van der Waals surface area contributed by atoms with Crippen molar-refractivity contribution < 1.29 is 23.7 Å². The quantitative estimate of drug-likeness (QED) is 0.585. The molecule has 178 valence electrons. The zero-order valence-electron chi connectivity index (χ0n) is 19.1. The van der Waals surface area contributed by atoms with Crippen LogP contribution in [0.2, 0.25) is 0 Å². The van der Waals surface area contributed by atoms with Gasteiger partial charge < -0.3 is 23.8 Å². The van der Waals surface area contributed by atoms with Crippen molar-refractivity contribution in [3.05, 3.63) is 48.5 Å². The number of aromatic nitrogens is 4. The van der Waals surface area contributed by atoms with Crippen LogP contribution >= 0.6 is 0 Å². The summed E-state index contributed by atoms with van der Waals surface area (Å²) in [7, 11) is 5.56. The molecule has 3 aromatic rings. The number of carbonyl (C=O) groups excluding carboxylic acids is 1. The standard InChI is InChI=1S/C23H26N6O5/c1-28(2)16-8-4-14(5-9-16)22-25-26-27-29(22)18-12-32-21-19(13-33-20(18)21)34-23(30)24-15-6-10-17(31-3)11-7-15/h4-11,18-21H,12-13H2,1-3H3,(H,24,30). The molecule has 1 aromatic heterocycles. The molecule has 1 amide bonds. The molecular weight excluding hydrogens is 440 g/mol. The SMILES string of the molecule is COc1ccc(NC(=O)OC2COC3C2OCC3n2nnnc2-c2ccc(N(C)C)cc2)cc1. The zero-order valence-corrected chi connectivity index (χ0v) is 19.1. The van der Waals surface area contributed by atoms with Crippen LogP contribution in [-0.2, 0) is 14.2 Å². The first-order chi connectivity index (χ1) is 16.5. The Morgan fingerprint density at radius 2 is 1.79 bits per heavy atom. The highest BCUT2D eigenvalue weighted by atomic mass is 16.6. The number of nitrogens with one attached hydrogen (secondary N) is 1. The van der Waals surface area contributed by atoms with Crippen LogP contribution in [-0.4, -0.2) is 79.0 Å². The number of rotatable bonds is 6. The van der Waals surface area contributed by atoms with Gasteiger partial charge in [-0.3, -0.25) is 5.32 Å². The fourth-order valence-electron chi connectivity index (χ4n) is 4.23. The number of ether oxygens (including phenoxy) is 4. The Bertz CT molecular complexity index is 1130. The molecular formula is C23H26N6O5. The van der Waals surface area contributed by atoms with Gasteiger partial charge in [-0.1, -0.05) is 0 Å². The van der Waals surface area contributed by atoms with E-state index < -0.39 is 18.3 Å². The van der Waals surface area contributed by atoms with Gasteiger partial charge in [-0.2, -0.15) is 0 Å². The fraction of sp³-hybridized carbons (Fsp3) is 0.391. The first kappa shape index (κ1) is 22.1. The molecule has 34 heavy (non-hydrogen) atoms. The molecule has 0 bridgehead atoms. The molecule has 0 radical (unpaired) electrons. The molecule has 0 aliphatic carbocycles. The summed E-state index contributed by atoms with van der Waals surface area (Å²) in [6.07, 6.45) is -1.84. The Kier molecular flexibility index (Phi) is 6.03. The van der Waals surface area contributed by atoms with Gasteiger partial charge in [0.15, 0.2) is 11.9 Å². The van der Waals surface area contributed by atoms with E-state index in [1.54, 1.807) is 36.1 Å². The largest absolute Gasteiger partial charge is 0.497 e. The van der Waals surface area contributed by atoms with Crippen molar-refractivity contribution >= 4 is 17.5 Å². The summed E-state index contributed by atoms with van der Waals surface area (Å²) in [5.41, 5.74) is 2.58. The summed E-state index contributed by atoms with van der Waals surface area (Å²) in [5, 5.41) is 15.0. The van der Waals surface area contributed by atoms with Gasteiger partial charge in [0.25, 0.3) is 0 Å². The van der Waals surface area contributed by atoms with Gasteiger partial charge >= 0.3 is 6.09 Å². The Labute approximate surface area is 196 Å². The van der Waals surface area contributed by atoms with Gasteiger partial charge in [-0.25, -0.2) is 9.48 Å². The molecule has 2 aliphatic rings. The van der Waals surface area contributed by atoms with Gasteiger partial charge in [-0.15, -0.1) is 5.10 Å². The van der Waals surface area contributed by atoms with Crippen LogP contribution in [0.15, 0.2) is 48.5 Å². The van der Waals surface area contributed by atoms with E-state index in [-0.39, 0.29) is 18.8 Å². The summed E-state index contributed by atoms with van der Waals surface area (Å²) >= 11 is 0. The topological polar surface area (TPSA) is 113 Å². The number of methoxy groups -OCH3 is 1. The van der Waals surface area contributed by atoms with Crippen molar-refractivity contribution in [1.82, 2.24) is 20.2 Å². The molecule has 0 saturated carbocycles. The van der Waals surface area contributed by atoms with Crippen LogP contribution in [0.25, 0.3) is 11.4 Å². The Hall–Kier alpha value is -3.70. The third-order valence-corrected chi connectivity index (χ3v) is 6.03. The second-order valence-corrected chi connectivity index (χ2v) is 8.35. The van der Waals surface area contributed by atoms with E-state index in [1.807, 2.05) is 43.3 Å². The minimum atomic E-state index is -0.574. The van der Waals surface area contributed by atoms with Gasteiger partial charge in [0, 0.05) is 31.0 Å². The van der Waals surface area contributed by atoms with Crippen molar-refractivity contribution in [2.24, 2.45) is 0 Å². The van der Waals surface area contributed by atoms with E-state index in [1.165, 1.54) is 0 Å². The number of hydrogen-bond acceptors (Lipinski definition) is 9. The highest BCUT2D eigenvalue weighted by Crippen LogP contribution is 2.37. The van der Waals surface area contributed by atoms with E-state index in [0.717, 1.165) is 11.3 Å². The van der Waals surface area contributed by atoms with Crippen LogP contribution in [0, 0.1) is 0 Å². The normalized spacial score (nSPS) is 23.4. The van der Waals surface area contributed by atoms with Gasteiger partial charge in [0.1, 0.15) is 24.0 Å². The van der Waals surface area contributed by atoms with E-state index in [2.05, 4.69) is 20.8 Å². The minimum absolute atomic E-state index is 0.233. The van der Waals surface area contributed by atoms with Gasteiger partial charge in [0.2, 0.25) is 0 Å². The lowest BCUT2D eigenvalue weighted by atomic mass is 10.1. The maximum atomic E-state index is 12.4. The molecule has 0 spiro atoms. The Morgan fingerprint density at radius 1 is 1.06 bits per heavy atom. The van der Waals surface area contributed by atoms with E-state index in [0.29, 0.717) is 23.9 Å². The molecule has 5 rings (SSSR count). The lowest BCUT2D eigenvalue weighted by Crippen LogP contribution is -2.35. The number of tetrazole rings is 1. The van der Waals surface area contributed by atoms with E-state index in [9.17, 15) is 4.79 Å². The molecule has 11 nitrogen and oxygen atoms in total. The molecule has 3 heterocycles. The van der Waals surface area contributed by atoms with E-state index in [4.69, 9.17) is 18.9 Å². The number of anilines is 2. The highest BCUT2D eigenvalue weighted by Gasteiger charge is 2.51. The predicted octanol–water partition coefficient (Wildman–Crippen LogP) is 2.37. The summed E-state index contributed by atoms with van der Waals surface area (Å²) < 4.78 is 24.4. The Morgan fingerprint density at radius 3 is 2.50 bits per heavy atom. The first-order valence-corrected chi connectivity index (χ1v) is 10.9. The summed E-state index contributed by atoms with van der Waals surface area (Å²) in [5.74, 6) is 1.33. The lowest BCUT2D eigenvalue weighted by Gasteiger charge is -2.18. The minimum Gasteiger partial charge on any atom is -0.497 e. The monoisotopic (exact) mass is 466 g/mol. The predicted molar refractivity (Wildman–Crippen MR) is 123 cm³/mol. The molecule has 4 unspecified atom stereocenters. The average Bonchev–Trinajstić information content (AvgIpc) is 3.57.